The van der Waals surface area contributed by atoms with Crippen LogP contribution in [0.3, 0.4) is 0 Å². The smallest absolute Gasteiger partial charge is 0.265 e. The van der Waals surface area contributed by atoms with Gasteiger partial charge in [-0.3, -0.25) is 4.79 Å². The van der Waals surface area contributed by atoms with E-state index in [0.29, 0.717) is 18.2 Å². The van der Waals surface area contributed by atoms with Crippen molar-refractivity contribution in [3.8, 4) is 6.07 Å². The maximum absolute atomic E-state index is 12.0. The van der Waals surface area contributed by atoms with Crippen molar-refractivity contribution in [1.29, 1.82) is 5.26 Å². The van der Waals surface area contributed by atoms with Gasteiger partial charge >= 0.3 is 0 Å². The number of hydrogen-bond acceptors (Lipinski definition) is 6. The summed E-state index contributed by atoms with van der Waals surface area (Å²) in [6.07, 6.45) is 0.824. The van der Waals surface area contributed by atoms with Crippen LogP contribution in [-0.4, -0.2) is 26.2 Å². The lowest BCUT2D eigenvalue weighted by molar-refractivity contribution is -0.117. The molecule has 0 aromatic carbocycles. The minimum Gasteiger partial charge on any atom is -0.385 e. The molecule has 0 spiro atoms. The van der Waals surface area contributed by atoms with E-state index in [0.717, 1.165) is 11.3 Å². The highest BCUT2D eigenvalue weighted by atomic mass is 32.2. The molecule has 1 aromatic heterocycles. The van der Waals surface area contributed by atoms with Gasteiger partial charge in [0.1, 0.15) is 17.0 Å². The number of nitrogens with one attached hydrogen (secondary N) is 2. The standard InChI is InChI=1S/C13H15N3O2S2/c1-18-6-3-5-15-12-9(8-14)11(17)16-13(20-12)10-4-2-7-19-10/h2,4,7,13,15H,3,5-6H2,1H3,(H,16,17)/t13-/m1/s1. The Morgan fingerprint density at radius 3 is 3.10 bits per heavy atom. The Kier molecular flexibility index (Phi) is 5.47. The normalized spacial score (nSPS) is 18.6. The summed E-state index contributed by atoms with van der Waals surface area (Å²) in [5.74, 6) is -0.320. The molecule has 2 rings (SSSR count). The lowest BCUT2D eigenvalue weighted by Crippen LogP contribution is -2.34. The van der Waals surface area contributed by atoms with Crippen LogP contribution in [0.4, 0.5) is 0 Å². The second-order valence-electron chi connectivity index (χ2n) is 4.08. The summed E-state index contributed by atoms with van der Waals surface area (Å²) in [6, 6.07) is 5.89. The number of ether oxygens (including phenoxy) is 1. The summed E-state index contributed by atoms with van der Waals surface area (Å²) in [4.78, 5) is 13.0. The zero-order valence-corrected chi connectivity index (χ0v) is 12.6. The topological polar surface area (TPSA) is 74.1 Å². The summed E-state index contributed by atoms with van der Waals surface area (Å²) in [6.45, 7) is 1.32. The Hall–Kier alpha value is -1.49. The van der Waals surface area contributed by atoms with Crippen LogP contribution in [0.1, 0.15) is 16.7 Å². The van der Waals surface area contributed by atoms with Gasteiger partial charge in [0.15, 0.2) is 0 Å². The van der Waals surface area contributed by atoms with Crippen molar-refractivity contribution >= 4 is 29.0 Å². The molecule has 106 valence electrons. The first-order valence-electron chi connectivity index (χ1n) is 6.14. The molecule has 2 heterocycles. The van der Waals surface area contributed by atoms with Gasteiger partial charge in [0, 0.05) is 25.1 Å². The Morgan fingerprint density at radius 2 is 2.45 bits per heavy atom. The van der Waals surface area contributed by atoms with Crippen LogP contribution in [0.15, 0.2) is 28.1 Å². The molecule has 0 fully saturated rings. The van der Waals surface area contributed by atoms with Crippen LogP contribution in [0.5, 0.6) is 0 Å². The molecule has 2 N–H and O–H groups in total. The van der Waals surface area contributed by atoms with Gasteiger partial charge in [-0.25, -0.2) is 0 Å². The molecular weight excluding hydrogens is 294 g/mol. The molecule has 1 aromatic rings. The minimum atomic E-state index is -0.320. The average Bonchev–Trinajstić information content (AvgIpc) is 2.97. The van der Waals surface area contributed by atoms with Gasteiger partial charge in [-0.05, 0) is 17.9 Å². The van der Waals surface area contributed by atoms with Crippen LogP contribution in [-0.2, 0) is 9.53 Å². The first kappa shape index (κ1) is 14.9. The maximum Gasteiger partial charge on any atom is 0.265 e. The third kappa shape index (κ3) is 3.54. The van der Waals surface area contributed by atoms with Crippen molar-refractivity contribution in [3.63, 3.8) is 0 Å². The molecule has 0 unspecified atom stereocenters. The van der Waals surface area contributed by atoms with Crippen molar-refractivity contribution in [1.82, 2.24) is 10.6 Å². The first-order chi connectivity index (χ1) is 9.76. The van der Waals surface area contributed by atoms with Crippen molar-refractivity contribution in [2.24, 2.45) is 0 Å². The molecule has 0 aliphatic carbocycles. The highest BCUT2D eigenvalue weighted by molar-refractivity contribution is 8.03. The van der Waals surface area contributed by atoms with Crippen molar-refractivity contribution in [3.05, 3.63) is 33.0 Å². The van der Waals surface area contributed by atoms with Gasteiger partial charge in [0.25, 0.3) is 5.91 Å². The highest BCUT2D eigenvalue weighted by Crippen LogP contribution is 2.38. The number of nitriles is 1. The predicted octanol–water partition coefficient (Wildman–Crippen LogP) is 1.97. The van der Waals surface area contributed by atoms with Crippen LogP contribution in [0.2, 0.25) is 0 Å². The lowest BCUT2D eigenvalue weighted by Gasteiger charge is -2.25. The maximum atomic E-state index is 12.0. The van der Waals surface area contributed by atoms with Gasteiger partial charge < -0.3 is 15.4 Å². The van der Waals surface area contributed by atoms with E-state index in [-0.39, 0.29) is 16.9 Å². The van der Waals surface area contributed by atoms with Crippen molar-refractivity contribution < 1.29 is 9.53 Å². The molecule has 0 saturated heterocycles. The molecule has 0 radical (unpaired) electrons. The fourth-order valence-corrected chi connectivity index (χ4v) is 3.72. The second kappa shape index (κ2) is 7.33. The van der Waals surface area contributed by atoms with E-state index in [1.54, 1.807) is 18.4 Å². The van der Waals surface area contributed by atoms with Crippen LogP contribution < -0.4 is 10.6 Å². The van der Waals surface area contributed by atoms with Gasteiger partial charge in [0.05, 0.1) is 5.03 Å². The molecule has 0 saturated carbocycles. The molecule has 20 heavy (non-hydrogen) atoms. The van der Waals surface area contributed by atoms with E-state index in [4.69, 9.17) is 10.00 Å². The highest BCUT2D eigenvalue weighted by Gasteiger charge is 2.29. The molecule has 1 amide bonds. The van der Waals surface area contributed by atoms with E-state index in [1.165, 1.54) is 11.8 Å². The summed E-state index contributed by atoms with van der Waals surface area (Å²) >= 11 is 3.05. The largest absolute Gasteiger partial charge is 0.385 e. The molecule has 5 nitrogen and oxygen atoms in total. The number of amides is 1. The SMILES string of the molecule is COCCCNC1=C(C#N)C(=O)N[C@@H](c2cccs2)S1. The monoisotopic (exact) mass is 309 g/mol. The van der Waals surface area contributed by atoms with Crippen LogP contribution in [0, 0.1) is 11.3 Å². The Balaban J connectivity index is 2.08. The summed E-state index contributed by atoms with van der Waals surface area (Å²) in [5, 5.41) is 17.6. The van der Waals surface area contributed by atoms with Crippen molar-refractivity contribution in [2.75, 3.05) is 20.3 Å². The predicted molar refractivity (Wildman–Crippen MR) is 79.9 cm³/mol. The molecule has 1 atom stereocenters. The summed E-state index contributed by atoms with van der Waals surface area (Å²) < 4.78 is 4.98. The Morgan fingerprint density at radius 1 is 1.60 bits per heavy atom. The number of carbonyl (C=O) groups excluding carboxylic acids is 1. The van der Waals surface area contributed by atoms with E-state index < -0.39 is 0 Å². The number of thiophene rings is 1. The zero-order valence-electron chi connectivity index (χ0n) is 11.0. The lowest BCUT2D eigenvalue weighted by atomic mass is 10.3. The molecular formula is C13H15N3O2S2. The number of thioether (sulfide) groups is 1. The Labute approximate surface area is 126 Å². The quantitative estimate of drug-likeness (QED) is 0.786. The van der Waals surface area contributed by atoms with Crippen LogP contribution >= 0.6 is 23.1 Å². The van der Waals surface area contributed by atoms with E-state index in [1.807, 2.05) is 23.6 Å². The second-order valence-corrected chi connectivity index (χ2v) is 6.17. The molecule has 0 bridgehead atoms. The van der Waals surface area contributed by atoms with Gasteiger partial charge in [-0.2, -0.15) is 5.26 Å². The van der Waals surface area contributed by atoms with Gasteiger partial charge in [-0.15, -0.1) is 11.3 Å². The number of hydrogen-bond donors (Lipinski definition) is 2. The van der Waals surface area contributed by atoms with Crippen LogP contribution in [0.25, 0.3) is 0 Å². The number of nitrogens with zero attached hydrogens (tertiary/aromatic N) is 1. The molecule has 7 heteroatoms. The van der Waals surface area contributed by atoms with E-state index in [9.17, 15) is 4.79 Å². The first-order valence-corrected chi connectivity index (χ1v) is 7.90. The van der Waals surface area contributed by atoms with Crippen molar-refractivity contribution in [2.45, 2.75) is 11.8 Å². The third-order valence-corrected chi connectivity index (χ3v) is 4.95. The fraction of sp³-hybridized carbons (Fsp3) is 0.385. The number of rotatable bonds is 6. The van der Waals surface area contributed by atoms with E-state index >= 15 is 0 Å². The summed E-state index contributed by atoms with van der Waals surface area (Å²) in [5.41, 5.74) is 0.153. The minimum absolute atomic E-state index is 0.135. The average molecular weight is 309 g/mol. The molecule has 1 aliphatic heterocycles. The molecule has 1 aliphatic rings. The number of carbonyl (C=O) groups is 1. The zero-order chi connectivity index (χ0) is 14.4. The number of methoxy groups -OCH3 is 1. The van der Waals surface area contributed by atoms with Gasteiger partial charge in [-0.1, -0.05) is 17.8 Å². The Bertz CT molecular complexity index is 534. The van der Waals surface area contributed by atoms with Gasteiger partial charge in [0.2, 0.25) is 0 Å². The summed E-state index contributed by atoms with van der Waals surface area (Å²) in [7, 11) is 1.65. The fourth-order valence-electron chi connectivity index (χ4n) is 1.72. The van der Waals surface area contributed by atoms with E-state index in [2.05, 4.69) is 10.6 Å². The third-order valence-electron chi connectivity index (χ3n) is 2.68.